The second kappa shape index (κ2) is 7.25. The van der Waals surface area contributed by atoms with E-state index in [9.17, 15) is 13.8 Å². The average molecular weight is 304 g/mol. The third-order valence-electron chi connectivity index (χ3n) is 2.44. The Labute approximate surface area is 118 Å². The van der Waals surface area contributed by atoms with E-state index >= 15 is 0 Å². The molecule has 5 nitrogen and oxygen atoms in total. The highest BCUT2D eigenvalue weighted by Gasteiger charge is 2.12. The van der Waals surface area contributed by atoms with Crippen LogP contribution in [0.4, 0.5) is 0 Å². The Morgan fingerprint density at radius 2 is 2.11 bits per heavy atom. The highest BCUT2D eigenvalue weighted by molar-refractivity contribution is 7.85. The molecule has 1 amide bonds. The molecule has 1 rings (SSSR count). The summed E-state index contributed by atoms with van der Waals surface area (Å²) in [4.78, 5) is 22.3. The molecule has 0 bridgehead atoms. The van der Waals surface area contributed by atoms with Gasteiger partial charge in [-0.1, -0.05) is 11.6 Å². The van der Waals surface area contributed by atoms with E-state index in [0.717, 1.165) is 0 Å². The van der Waals surface area contributed by atoms with Crippen molar-refractivity contribution in [3.8, 4) is 0 Å². The van der Waals surface area contributed by atoms with Crippen molar-refractivity contribution in [3.05, 3.63) is 28.8 Å². The monoisotopic (exact) mass is 303 g/mol. The minimum absolute atomic E-state index is 0.0705. The molecule has 0 fully saturated rings. The predicted octanol–water partition coefficient (Wildman–Crippen LogP) is 1.67. The maximum absolute atomic E-state index is 11.9. The Bertz CT molecular complexity index is 518. The molecule has 2 N–H and O–H groups in total. The smallest absolute Gasteiger partial charge is 0.337 e. The van der Waals surface area contributed by atoms with Gasteiger partial charge < -0.3 is 10.4 Å². The summed E-state index contributed by atoms with van der Waals surface area (Å²) in [5.74, 6) is -0.970. The quantitative estimate of drug-likeness (QED) is 0.837. The van der Waals surface area contributed by atoms with Crippen molar-refractivity contribution in [1.82, 2.24) is 5.32 Å². The Balaban J connectivity index is 2.70. The zero-order chi connectivity index (χ0) is 14.4. The summed E-state index contributed by atoms with van der Waals surface area (Å²) >= 11 is 5.73. The molecule has 0 saturated carbocycles. The topological polar surface area (TPSA) is 83.5 Å². The summed E-state index contributed by atoms with van der Waals surface area (Å²) in [5.41, 5.74) is -0.0705. The van der Waals surface area contributed by atoms with Crippen LogP contribution >= 0.6 is 11.6 Å². The molecule has 0 radical (unpaired) electrons. The number of carboxylic acids is 1. The van der Waals surface area contributed by atoms with Crippen molar-refractivity contribution in [1.29, 1.82) is 0 Å². The lowest BCUT2D eigenvalue weighted by Crippen LogP contribution is -2.18. The summed E-state index contributed by atoms with van der Waals surface area (Å²) in [7, 11) is 0.200. The third kappa shape index (κ3) is 4.65. The molecular weight excluding hydrogens is 290 g/mol. The van der Waals surface area contributed by atoms with Crippen LogP contribution in [-0.2, 0) is 15.6 Å². The van der Waals surface area contributed by atoms with Crippen LogP contribution < -0.4 is 5.32 Å². The maximum Gasteiger partial charge on any atom is 0.337 e. The van der Waals surface area contributed by atoms with Crippen molar-refractivity contribution >= 4 is 34.3 Å². The molecule has 0 aliphatic carbocycles. The van der Waals surface area contributed by atoms with E-state index < -0.39 is 16.8 Å². The minimum atomic E-state index is -1.34. The molecular formula is C12H14ClNO4S. The van der Waals surface area contributed by atoms with Gasteiger partial charge in [-0.15, -0.1) is 0 Å². The molecule has 1 aromatic rings. The number of halogens is 1. The SMILES string of the molecule is CNC(=O)CCCS(=O)c1ccc(Cl)c(C(=O)O)c1. The lowest BCUT2D eigenvalue weighted by Gasteiger charge is -2.05. The summed E-state index contributed by atoms with van der Waals surface area (Å²) in [6.45, 7) is 0. The molecule has 7 heteroatoms. The van der Waals surface area contributed by atoms with Gasteiger partial charge in [-0.3, -0.25) is 9.00 Å². The second-order valence-corrected chi connectivity index (χ2v) is 5.75. The van der Waals surface area contributed by atoms with E-state index in [0.29, 0.717) is 23.5 Å². The number of rotatable bonds is 6. The first kappa shape index (κ1) is 15.7. The van der Waals surface area contributed by atoms with Crippen LogP contribution in [0.1, 0.15) is 23.2 Å². The number of carboxylic acid groups (broad SMARTS) is 1. The van der Waals surface area contributed by atoms with E-state index in [1.807, 2.05) is 0 Å². The Morgan fingerprint density at radius 3 is 2.68 bits per heavy atom. The number of benzene rings is 1. The van der Waals surface area contributed by atoms with Crippen molar-refractivity contribution in [3.63, 3.8) is 0 Å². The Kier molecular flexibility index (Phi) is 5.98. The molecule has 0 spiro atoms. The van der Waals surface area contributed by atoms with Gasteiger partial charge in [0, 0.05) is 24.1 Å². The molecule has 0 aromatic heterocycles. The first-order valence-corrected chi connectivity index (χ1v) is 7.27. The van der Waals surface area contributed by atoms with Crippen LogP contribution in [0.5, 0.6) is 0 Å². The Hall–Kier alpha value is -1.40. The van der Waals surface area contributed by atoms with Crippen LogP contribution in [0.25, 0.3) is 0 Å². The first-order valence-electron chi connectivity index (χ1n) is 5.57. The van der Waals surface area contributed by atoms with Crippen LogP contribution in [0, 0.1) is 0 Å². The van der Waals surface area contributed by atoms with Crippen molar-refractivity contribution in [2.45, 2.75) is 17.7 Å². The van der Waals surface area contributed by atoms with E-state index in [-0.39, 0.29) is 16.5 Å². The van der Waals surface area contributed by atoms with Gasteiger partial charge in [0.05, 0.1) is 21.4 Å². The van der Waals surface area contributed by atoms with Gasteiger partial charge in [0.2, 0.25) is 5.91 Å². The van der Waals surface area contributed by atoms with Gasteiger partial charge in [0.25, 0.3) is 0 Å². The average Bonchev–Trinajstić information content (AvgIpc) is 2.38. The maximum atomic E-state index is 11.9. The summed E-state index contributed by atoms with van der Waals surface area (Å²) in [6, 6.07) is 4.25. The Morgan fingerprint density at radius 1 is 1.42 bits per heavy atom. The summed E-state index contributed by atoms with van der Waals surface area (Å²) < 4.78 is 11.9. The first-order chi connectivity index (χ1) is 8.95. The van der Waals surface area contributed by atoms with Gasteiger partial charge >= 0.3 is 5.97 Å². The van der Waals surface area contributed by atoms with Crippen LogP contribution in [-0.4, -0.2) is 34.0 Å². The van der Waals surface area contributed by atoms with Gasteiger partial charge in [-0.2, -0.15) is 0 Å². The second-order valence-electron chi connectivity index (χ2n) is 3.77. The molecule has 0 aliphatic rings. The number of amides is 1. The molecule has 1 atom stereocenters. The number of carbonyl (C=O) groups excluding carboxylic acids is 1. The zero-order valence-corrected chi connectivity index (χ0v) is 11.9. The predicted molar refractivity (Wildman–Crippen MR) is 73.0 cm³/mol. The number of hydrogen-bond acceptors (Lipinski definition) is 3. The molecule has 19 heavy (non-hydrogen) atoms. The van der Waals surface area contributed by atoms with E-state index in [1.54, 1.807) is 0 Å². The zero-order valence-electron chi connectivity index (χ0n) is 10.3. The van der Waals surface area contributed by atoms with Crippen LogP contribution in [0.2, 0.25) is 5.02 Å². The highest BCUT2D eigenvalue weighted by Crippen LogP contribution is 2.20. The molecule has 1 unspecified atom stereocenters. The van der Waals surface area contributed by atoms with Gasteiger partial charge in [0.15, 0.2) is 0 Å². The van der Waals surface area contributed by atoms with E-state index in [4.69, 9.17) is 16.7 Å². The van der Waals surface area contributed by atoms with Crippen molar-refractivity contribution < 1.29 is 18.9 Å². The van der Waals surface area contributed by atoms with Gasteiger partial charge in [-0.25, -0.2) is 4.79 Å². The number of aromatic carboxylic acids is 1. The largest absolute Gasteiger partial charge is 0.478 e. The normalized spacial score (nSPS) is 11.9. The van der Waals surface area contributed by atoms with Crippen LogP contribution in [0.15, 0.2) is 23.1 Å². The number of carbonyl (C=O) groups is 2. The number of nitrogens with one attached hydrogen (secondary N) is 1. The van der Waals surface area contributed by atoms with Crippen LogP contribution in [0.3, 0.4) is 0 Å². The van der Waals surface area contributed by atoms with E-state index in [1.165, 1.54) is 25.2 Å². The molecule has 0 aliphatic heterocycles. The highest BCUT2D eigenvalue weighted by atomic mass is 35.5. The standard InChI is InChI=1S/C12H14ClNO4S/c1-14-11(15)3-2-6-19(18)8-4-5-10(13)9(7-8)12(16)17/h4-5,7H,2-3,6H2,1H3,(H,14,15)(H,16,17). The van der Waals surface area contributed by atoms with Gasteiger partial charge in [-0.05, 0) is 24.6 Å². The lowest BCUT2D eigenvalue weighted by atomic mass is 10.2. The van der Waals surface area contributed by atoms with Crippen molar-refractivity contribution in [2.75, 3.05) is 12.8 Å². The molecule has 104 valence electrons. The van der Waals surface area contributed by atoms with Crippen molar-refractivity contribution in [2.24, 2.45) is 0 Å². The summed E-state index contributed by atoms with van der Waals surface area (Å²) in [6.07, 6.45) is 0.763. The number of hydrogen-bond donors (Lipinski definition) is 2. The minimum Gasteiger partial charge on any atom is -0.478 e. The fourth-order valence-electron chi connectivity index (χ4n) is 1.42. The molecule has 0 saturated heterocycles. The molecule has 1 aromatic carbocycles. The van der Waals surface area contributed by atoms with E-state index in [2.05, 4.69) is 5.32 Å². The van der Waals surface area contributed by atoms with Gasteiger partial charge in [0.1, 0.15) is 0 Å². The fourth-order valence-corrected chi connectivity index (χ4v) is 2.73. The third-order valence-corrected chi connectivity index (χ3v) is 4.21. The lowest BCUT2D eigenvalue weighted by molar-refractivity contribution is -0.120. The summed E-state index contributed by atoms with van der Waals surface area (Å²) in [5, 5.41) is 11.5. The molecule has 0 heterocycles. The fraction of sp³-hybridized carbons (Fsp3) is 0.333.